The van der Waals surface area contributed by atoms with Crippen LogP contribution in [-0.4, -0.2) is 15.9 Å². The largest absolute Gasteiger partial charge is 0.507 e. The summed E-state index contributed by atoms with van der Waals surface area (Å²) in [6.45, 7) is 1.75. The molecule has 1 heterocycles. The summed E-state index contributed by atoms with van der Waals surface area (Å²) in [5.74, 6) is -0.124. The van der Waals surface area contributed by atoms with Gasteiger partial charge in [-0.1, -0.05) is 6.92 Å². The maximum atomic E-state index is 10.9. The number of aromatic nitrogens is 1. The first kappa shape index (κ1) is 9.45. The van der Waals surface area contributed by atoms with Gasteiger partial charge in [-0.3, -0.25) is 9.78 Å². The molecule has 0 atom stereocenters. The van der Waals surface area contributed by atoms with Gasteiger partial charge in [0.25, 0.3) is 0 Å². The Morgan fingerprint density at radius 1 is 1.69 bits per heavy atom. The summed E-state index contributed by atoms with van der Waals surface area (Å²) in [6.07, 6.45) is 4.73. The average Bonchev–Trinajstić information content (AvgIpc) is 2.19. The predicted molar refractivity (Wildman–Crippen MR) is 50.1 cm³/mol. The van der Waals surface area contributed by atoms with Gasteiger partial charge in [-0.15, -0.1) is 0 Å². The number of aliphatic hydroxyl groups is 1. The van der Waals surface area contributed by atoms with Gasteiger partial charge in [0.1, 0.15) is 5.76 Å². The molecular weight excluding hydrogens is 166 g/mol. The monoisotopic (exact) mass is 177 g/mol. The molecule has 0 radical (unpaired) electrons. The molecule has 3 nitrogen and oxygen atoms in total. The number of rotatable bonds is 3. The van der Waals surface area contributed by atoms with Crippen molar-refractivity contribution in [1.82, 2.24) is 4.98 Å². The molecule has 1 rings (SSSR count). The fourth-order valence-electron chi connectivity index (χ4n) is 0.852. The third kappa shape index (κ3) is 2.71. The highest BCUT2D eigenvalue weighted by Gasteiger charge is 2.00. The normalized spacial score (nSPS) is 11.3. The second kappa shape index (κ2) is 4.40. The molecular formula is C10H11NO2. The van der Waals surface area contributed by atoms with Gasteiger partial charge in [0.2, 0.25) is 0 Å². The third-order valence-electron chi connectivity index (χ3n) is 1.60. The average molecular weight is 177 g/mol. The van der Waals surface area contributed by atoms with E-state index < -0.39 is 0 Å². The van der Waals surface area contributed by atoms with Crippen molar-refractivity contribution in [1.29, 1.82) is 0 Å². The van der Waals surface area contributed by atoms with Crippen LogP contribution < -0.4 is 0 Å². The Kier molecular flexibility index (Phi) is 3.20. The Bertz CT molecular complexity index is 317. The Labute approximate surface area is 76.7 Å². The summed E-state index contributed by atoms with van der Waals surface area (Å²) >= 11 is 0. The van der Waals surface area contributed by atoms with E-state index in [1.807, 2.05) is 0 Å². The molecule has 1 N–H and O–H groups in total. The summed E-state index contributed by atoms with van der Waals surface area (Å²) in [4.78, 5) is 14.8. The van der Waals surface area contributed by atoms with Crippen LogP contribution >= 0.6 is 0 Å². The first-order chi connectivity index (χ1) is 6.24. The molecule has 0 spiro atoms. The Balaban J connectivity index is 2.85. The van der Waals surface area contributed by atoms with E-state index in [-0.39, 0.29) is 11.5 Å². The molecule has 0 aromatic carbocycles. The van der Waals surface area contributed by atoms with E-state index in [1.165, 1.54) is 12.3 Å². The highest BCUT2D eigenvalue weighted by atomic mass is 16.3. The van der Waals surface area contributed by atoms with Crippen molar-refractivity contribution >= 4 is 11.5 Å². The number of carbonyl (C=O) groups excluding carboxylic acids is 1. The highest BCUT2D eigenvalue weighted by Crippen LogP contribution is 2.08. The van der Waals surface area contributed by atoms with E-state index >= 15 is 0 Å². The molecule has 0 aliphatic rings. The van der Waals surface area contributed by atoms with Crippen LogP contribution in [-0.2, 0) is 4.79 Å². The van der Waals surface area contributed by atoms with Crippen molar-refractivity contribution < 1.29 is 9.90 Å². The first-order valence-corrected chi connectivity index (χ1v) is 4.08. The summed E-state index contributed by atoms with van der Waals surface area (Å²) in [5.41, 5.74) is 0.560. The zero-order chi connectivity index (χ0) is 9.68. The summed E-state index contributed by atoms with van der Waals surface area (Å²) < 4.78 is 0. The van der Waals surface area contributed by atoms with Crippen LogP contribution in [0.3, 0.4) is 0 Å². The highest BCUT2D eigenvalue weighted by molar-refractivity contribution is 5.94. The molecule has 0 fully saturated rings. The Morgan fingerprint density at radius 3 is 3.00 bits per heavy atom. The van der Waals surface area contributed by atoms with Crippen molar-refractivity contribution in [3.8, 4) is 0 Å². The van der Waals surface area contributed by atoms with Gasteiger partial charge < -0.3 is 5.11 Å². The number of hydrogen-bond donors (Lipinski definition) is 1. The first-order valence-electron chi connectivity index (χ1n) is 4.08. The van der Waals surface area contributed by atoms with E-state index in [0.29, 0.717) is 12.0 Å². The number of allylic oxidation sites excluding steroid dienone is 1. The molecule has 0 aliphatic heterocycles. The number of hydrogen-bond acceptors (Lipinski definition) is 3. The molecule has 3 heteroatoms. The van der Waals surface area contributed by atoms with Gasteiger partial charge in [-0.2, -0.15) is 0 Å². The Hall–Kier alpha value is -1.64. The van der Waals surface area contributed by atoms with Crippen LogP contribution in [0.4, 0.5) is 0 Å². The third-order valence-corrected chi connectivity index (χ3v) is 1.60. The van der Waals surface area contributed by atoms with Crippen LogP contribution in [0.2, 0.25) is 0 Å². The Morgan fingerprint density at radius 2 is 2.46 bits per heavy atom. The molecule has 0 unspecified atom stereocenters. The number of carbonyl (C=O) groups is 1. The molecule has 0 saturated carbocycles. The molecule has 1 aromatic rings. The van der Waals surface area contributed by atoms with Gasteiger partial charge in [0, 0.05) is 30.5 Å². The van der Waals surface area contributed by atoms with Crippen molar-refractivity contribution in [2.75, 3.05) is 0 Å². The molecule has 0 aliphatic carbocycles. The van der Waals surface area contributed by atoms with Crippen LogP contribution in [0.25, 0.3) is 5.76 Å². The SMILES string of the molecule is CCC(=O)/C=C(\O)c1cccnc1. The van der Waals surface area contributed by atoms with E-state index in [4.69, 9.17) is 0 Å². The van der Waals surface area contributed by atoms with Crippen LogP contribution in [0.15, 0.2) is 30.6 Å². The molecule has 68 valence electrons. The second-order valence-corrected chi connectivity index (χ2v) is 2.59. The molecule has 0 amide bonds. The molecule has 0 bridgehead atoms. The van der Waals surface area contributed by atoms with Crippen LogP contribution in [0.5, 0.6) is 0 Å². The molecule has 0 saturated heterocycles. The predicted octanol–water partition coefficient (Wildman–Crippen LogP) is 1.96. The minimum Gasteiger partial charge on any atom is -0.507 e. The lowest BCUT2D eigenvalue weighted by molar-refractivity contribution is -0.114. The second-order valence-electron chi connectivity index (χ2n) is 2.59. The lowest BCUT2D eigenvalue weighted by Crippen LogP contribution is -1.92. The maximum Gasteiger partial charge on any atom is 0.159 e. The van der Waals surface area contributed by atoms with E-state index in [9.17, 15) is 9.90 Å². The quantitative estimate of drug-likeness (QED) is 0.567. The van der Waals surface area contributed by atoms with E-state index in [1.54, 1.807) is 25.3 Å². The standard InChI is InChI=1S/C10H11NO2/c1-2-9(12)6-10(13)8-4-3-5-11-7-8/h3-7,13H,2H2,1H3/b10-6-. The lowest BCUT2D eigenvalue weighted by atomic mass is 10.2. The fraction of sp³-hybridized carbons (Fsp3) is 0.200. The number of ketones is 1. The zero-order valence-corrected chi connectivity index (χ0v) is 7.40. The van der Waals surface area contributed by atoms with Gasteiger partial charge >= 0.3 is 0 Å². The van der Waals surface area contributed by atoms with Gasteiger partial charge in [0.15, 0.2) is 5.78 Å². The topological polar surface area (TPSA) is 50.2 Å². The smallest absolute Gasteiger partial charge is 0.159 e. The van der Waals surface area contributed by atoms with Gasteiger partial charge in [0.05, 0.1) is 0 Å². The number of aliphatic hydroxyl groups excluding tert-OH is 1. The van der Waals surface area contributed by atoms with Crippen molar-refractivity contribution in [2.45, 2.75) is 13.3 Å². The van der Waals surface area contributed by atoms with Crippen molar-refractivity contribution in [2.24, 2.45) is 0 Å². The minimum absolute atomic E-state index is 0.0278. The van der Waals surface area contributed by atoms with Gasteiger partial charge in [-0.05, 0) is 12.1 Å². The van der Waals surface area contributed by atoms with E-state index in [2.05, 4.69) is 4.98 Å². The van der Waals surface area contributed by atoms with Crippen molar-refractivity contribution in [3.05, 3.63) is 36.2 Å². The fourth-order valence-corrected chi connectivity index (χ4v) is 0.852. The van der Waals surface area contributed by atoms with Crippen molar-refractivity contribution in [3.63, 3.8) is 0 Å². The number of nitrogens with zero attached hydrogens (tertiary/aromatic N) is 1. The minimum atomic E-state index is -0.0960. The summed E-state index contributed by atoms with van der Waals surface area (Å²) in [7, 11) is 0. The molecule has 1 aromatic heterocycles. The van der Waals surface area contributed by atoms with Crippen LogP contribution in [0.1, 0.15) is 18.9 Å². The van der Waals surface area contributed by atoms with Crippen LogP contribution in [0, 0.1) is 0 Å². The zero-order valence-electron chi connectivity index (χ0n) is 7.40. The summed E-state index contributed by atoms with van der Waals surface area (Å²) in [6, 6.07) is 3.40. The number of pyridine rings is 1. The molecule has 13 heavy (non-hydrogen) atoms. The maximum absolute atomic E-state index is 10.9. The lowest BCUT2D eigenvalue weighted by Gasteiger charge is -1.97. The van der Waals surface area contributed by atoms with Gasteiger partial charge in [-0.25, -0.2) is 0 Å². The summed E-state index contributed by atoms with van der Waals surface area (Å²) in [5, 5.41) is 9.42. The van der Waals surface area contributed by atoms with E-state index in [0.717, 1.165) is 0 Å².